The fourth-order valence-corrected chi connectivity index (χ4v) is 2.98. The van der Waals surface area contributed by atoms with Gasteiger partial charge in [-0.05, 0) is 49.4 Å². The number of nitrogens with zero attached hydrogens (tertiary/aromatic N) is 3. The maximum atomic E-state index is 6.37. The van der Waals surface area contributed by atoms with Crippen molar-refractivity contribution in [1.29, 1.82) is 0 Å². The number of halogens is 2. The van der Waals surface area contributed by atoms with Crippen LogP contribution in [0.5, 0.6) is 11.5 Å². The van der Waals surface area contributed by atoms with Gasteiger partial charge in [0.15, 0.2) is 16.5 Å². The van der Waals surface area contributed by atoms with Crippen LogP contribution >= 0.6 is 23.2 Å². The van der Waals surface area contributed by atoms with Crippen LogP contribution in [0, 0.1) is 6.92 Å². The lowest BCUT2D eigenvalue weighted by Gasteiger charge is -2.12. The summed E-state index contributed by atoms with van der Waals surface area (Å²) in [6.07, 6.45) is 1.71. The SMILES string of the molecule is Cc1cc(-c2n[nH]c3ncccc23)c(Oc2ccc(Cl)cc2)c(Cl)n1. The number of ether oxygens (including phenoxy) is 1. The fraction of sp³-hybridized carbons (Fsp3) is 0.0556. The van der Waals surface area contributed by atoms with Gasteiger partial charge in [-0.3, -0.25) is 5.10 Å². The predicted octanol–water partition coefficient (Wildman–Crippen LogP) is 5.43. The van der Waals surface area contributed by atoms with Gasteiger partial charge in [-0.25, -0.2) is 9.97 Å². The molecule has 124 valence electrons. The molecule has 1 N–H and O–H groups in total. The first kappa shape index (κ1) is 15.9. The number of pyridine rings is 2. The van der Waals surface area contributed by atoms with Crippen molar-refractivity contribution < 1.29 is 4.74 Å². The Labute approximate surface area is 153 Å². The normalized spacial score (nSPS) is 11.0. The number of H-pyrrole nitrogens is 1. The van der Waals surface area contributed by atoms with E-state index in [1.54, 1.807) is 30.5 Å². The van der Waals surface area contributed by atoms with Crippen LogP contribution in [0.2, 0.25) is 10.2 Å². The first-order valence-corrected chi connectivity index (χ1v) is 8.27. The zero-order chi connectivity index (χ0) is 17.4. The van der Waals surface area contributed by atoms with Crippen molar-refractivity contribution in [1.82, 2.24) is 20.2 Å². The monoisotopic (exact) mass is 370 g/mol. The fourth-order valence-electron chi connectivity index (χ4n) is 2.58. The summed E-state index contributed by atoms with van der Waals surface area (Å²) in [4.78, 5) is 8.57. The highest BCUT2D eigenvalue weighted by atomic mass is 35.5. The van der Waals surface area contributed by atoms with Gasteiger partial charge in [0.05, 0.1) is 5.56 Å². The van der Waals surface area contributed by atoms with Gasteiger partial charge in [0, 0.05) is 22.3 Å². The van der Waals surface area contributed by atoms with Crippen LogP contribution in [0.3, 0.4) is 0 Å². The largest absolute Gasteiger partial charge is 0.453 e. The molecule has 0 saturated carbocycles. The number of rotatable bonds is 3. The molecule has 0 aliphatic carbocycles. The van der Waals surface area contributed by atoms with E-state index in [9.17, 15) is 0 Å². The first-order chi connectivity index (χ1) is 12.1. The summed E-state index contributed by atoms with van der Waals surface area (Å²) in [5.74, 6) is 1.04. The summed E-state index contributed by atoms with van der Waals surface area (Å²) in [7, 11) is 0. The number of nitrogens with one attached hydrogen (secondary N) is 1. The second-order valence-corrected chi connectivity index (χ2v) is 6.25. The molecule has 3 aromatic heterocycles. The van der Waals surface area contributed by atoms with Crippen LogP contribution in [0.4, 0.5) is 0 Å². The van der Waals surface area contributed by atoms with Crippen molar-refractivity contribution in [2.24, 2.45) is 0 Å². The van der Waals surface area contributed by atoms with Crippen molar-refractivity contribution in [2.45, 2.75) is 6.92 Å². The molecule has 0 spiro atoms. The van der Waals surface area contributed by atoms with Gasteiger partial charge in [0.2, 0.25) is 0 Å². The zero-order valence-electron chi connectivity index (χ0n) is 13.1. The van der Waals surface area contributed by atoms with E-state index in [-0.39, 0.29) is 5.15 Å². The summed E-state index contributed by atoms with van der Waals surface area (Å²) in [6.45, 7) is 1.87. The molecule has 0 saturated heterocycles. The topological polar surface area (TPSA) is 63.7 Å². The molecule has 3 heterocycles. The second kappa shape index (κ2) is 6.35. The zero-order valence-corrected chi connectivity index (χ0v) is 14.6. The third-order valence-electron chi connectivity index (χ3n) is 3.68. The molecule has 0 amide bonds. The van der Waals surface area contributed by atoms with Crippen molar-refractivity contribution >= 4 is 34.2 Å². The summed E-state index contributed by atoms with van der Waals surface area (Å²) < 4.78 is 6.00. The molecular formula is C18H12Cl2N4O. The predicted molar refractivity (Wildman–Crippen MR) is 98.4 cm³/mol. The highest BCUT2D eigenvalue weighted by Crippen LogP contribution is 2.40. The Morgan fingerprint density at radius 1 is 1.08 bits per heavy atom. The van der Waals surface area contributed by atoms with Crippen LogP contribution in [0.15, 0.2) is 48.7 Å². The van der Waals surface area contributed by atoms with Crippen LogP contribution < -0.4 is 4.74 Å². The number of aromatic nitrogens is 4. The van der Waals surface area contributed by atoms with E-state index in [2.05, 4.69) is 20.2 Å². The Balaban J connectivity index is 1.88. The van der Waals surface area contributed by atoms with E-state index in [0.29, 0.717) is 27.9 Å². The summed E-state index contributed by atoms with van der Waals surface area (Å²) in [5, 5.41) is 9.09. The minimum Gasteiger partial charge on any atom is -0.453 e. The van der Waals surface area contributed by atoms with E-state index in [1.807, 2.05) is 25.1 Å². The van der Waals surface area contributed by atoms with Crippen molar-refractivity contribution in [3.05, 3.63) is 64.5 Å². The Kier molecular flexibility index (Phi) is 4.03. The van der Waals surface area contributed by atoms with E-state index in [0.717, 1.165) is 16.6 Å². The third-order valence-corrected chi connectivity index (χ3v) is 4.19. The third kappa shape index (κ3) is 3.04. The molecule has 0 bridgehead atoms. The van der Waals surface area contributed by atoms with Crippen LogP contribution in [0.25, 0.3) is 22.3 Å². The maximum Gasteiger partial charge on any atom is 0.174 e. The minimum atomic E-state index is 0.269. The molecule has 0 aliphatic rings. The molecule has 4 rings (SSSR count). The lowest BCUT2D eigenvalue weighted by atomic mass is 10.1. The molecule has 5 nitrogen and oxygen atoms in total. The van der Waals surface area contributed by atoms with Gasteiger partial charge in [-0.2, -0.15) is 5.10 Å². The Morgan fingerprint density at radius 3 is 2.68 bits per heavy atom. The second-order valence-electron chi connectivity index (χ2n) is 5.46. The molecule has 0 atom stereocenters. The lowest BCUT2D eigenvalue weighted by Crippen LogP contribution is -1.94. The number of aryl methyl sites for hydroxylation is 1. The average Bonchev–Trinajstić information content (AvgIpc) is 3.03. The number of benzene rings is 1. The van der Waals surface area contributed by atoms with E-state index in [4.69, 9.17) is 27.9 Å². The Bertz CT molecular complexity index is 1060. The van der Waals surface area contributed by atoms with Gasteiger partial charge in [0.25, 0.3) is 0 Å². The minimum absolute atomic E-state index is 0.269. The van der Waals surface area contributed by atoms with Gasteiger partial charge < -0.3 is 4.74 Å². The van der Waals surface area contributed by atoms with E-state index in [1.165, 1.54) is 0 Å². The van der Waals surface area contributed by atoms with Crippen LogP contribution in [0.1, 0.15) is 5.69 Å². The Morgan fingerprint density at radius 2 is 1.88 bits per heavy atom. The quantitative estimate of drug-likeness (QED) is 0.488. The number of hydrogen-bond acceptors (Lipinski definition) is 4. The molecule has 1 aromatic carbocycles. The molecule has 0 fully saturated rings. The van der Waals surface area contributed by atoms with E-state index >= 15 is 0 Å². The van der Waals surface area contributed by atoms with Crippen LogP contribution in [-0.4, -0.2) is 20.2 Å². The van der Waals surface area contributed by atoms with Crippen LogP contribution in [-0.2, 0) is 0 Å². The molecule has 4 aromatic rings. The Hall–Kier alpha value is -2.63. The molecule has 0 radical (unpaired) electrons. The lowest BCUT2D eigenvalue weighted by molar-refractivity contribution is 0.482. The van der Waals surface area contributed by atoms with Gasteiger partial charge >= 0.3 is 0 Å². The summed E-state index contributed by atoms with van der Waals surface area (Å²) in [5.41, 5.74) is 2.91. The smallest absolute Gasteiger partial charge is 0.174 e. The van der Waals surface area contributed by atoms with Crippen molar-refractivity contribution in [3.8, 4) is 22.8 Å². The van der Waals surface area contributed by atoms with Crippen molar-refractivity contribution in [3.63, 3.8) is 0 Å². The highest BCUT2D eigenvalue weighted by Gasteiger charge is 2.19. The van der Waals surface area contributed by atoms with E-state index < -0.39 is 0 Å². The van der Waals surface area contributed by atoms with Gasteiger partial charge in [-0.15, -0.1) is 0 Å². The molecule has 0 unspecified atom stereocenters. The van der Waals surface area contributed by atoms with Gasteiger partial charge in [0.1, 0.15) is 11.4 Å². The number of fused-ring (bicyclic) bond motifs is 1. The summed E-state index contributed by atoms with van der Waals surface area (Å²) >= 11 is 12.3. The molecule has 7 heteroatoms. The first-order valence-electron chi connectivity index (χ1n) is 7.52. The number of hydrogen-bond donors (Lipinski definition) is 1. The standard InChI is InChI=1S/C18H12Cl2N4O/c1-10-9-14(15-13-3-2-8-21-18(13)24-23-15)16(17(20)22-10)25-12-6-4-11(19)5-7-12/h2-9H,1H3,(H,21,23,24). The maximum absolute atomic E-state index is 6.37. The number of aromatic amines is 1. The highest BCUT2D eigenvalue weighted by molar-refractivity contribution is 6.31. The molecule has 0 aliphatic heterocycles. The molecule has 25 heavy (non-hydrogen) atoms. The van der Waals surface area contributed by atoms with Gasteiger partial charge in [-0.1, -0.05) is 23.2 Å². The van der Waals surface area contributed by atoms with Crippen molar-refractivity contribution in [2.75, 3.05) is 0 Å². The summed E-state index contributed by atoms with van der Waals surface area (Å²) in [6, 6.07) is 12.7. The molecular weight excluding hydrogens is 359 g/mol. The average molecular weight is 371 g/mol.